The summed E-state index contributed by atoms with van der Waals surface area (Å²) in [7, 11) is 0. The topological polar surface area (TPSA) is 74.7 Å². The van der Waals surface area contributed by atoms with Gasteiger partial charge in [0.2, 0.25) is 5.91 Å². The highest BCUT2D eigenvalue weighted by molar-refractivity contribution is 8.14. The second-order valence-electron chi connectivity index (χ2n) is 9.36. The van der Waals surface area contributed by atoms with Gasteiger partial charge < -0.3 is 5.11 Å². The van der Waals surface area contributed by atoms with E-state index in [1.807, 2.05) is 6.92 Å². The number of benzene rings is 1. The molecule has 0 aliphatic heterocycles. The third-order valence-electron chi connectivity index (χ3n) is 6.27. The molecule has 0 unspecified atom stereocenters. The van der Waals surface area contributed by atoms with Crippen molar-refractivity contribution >= 4 is 46.0 Å². The summed E-state index contributed by atoms with van der Waals surface area (Å²) in [5.74, 6) is -1.58. The Kier molecular flexibility index (Phi) is 16.8. The highest BCUT2D eigenvalue weighted by Crippen LogP contribution is 2.31. The number of rotatable bonds is 19. The molecular weight excluding hydrogens is 482 g/mol. The molecule has 1 rings (SSSR count). The Labute approximate surface area is 221 Å². The molecule has 0 spiro atoms. The SMILES string of the molecule is CCCCCCCCCCCCCCCC(=O)SCC(=O)N(CC(=O)O)c1c(C)ccc(Cl)c1C. The maximum Gasteiger partial charge on any atom is 0.323 e. The number of anilines is 1. The second-order valence-corrected chi connectivity index (χ2v) is 10.8. The van der Waals surface area contributed by atoms with Crippen LogP contribution < -0.4 is 4.90 Å². The fourth-order valence-corrected chi connectivity index (χ4v) is 5.11. The molecular formula is C28H44ClNO4S. The van der Waals surface area contributed by atoms with E-state index in [-0.39, 0.29) is 10.9 Å². The van der Waals surface area contributed by atoms with E-state index in [4.69, 9.17) is 11.6 Å². The lowest BCUT2D eigenvalue weighted by atomic mass is 10.0. The quantitative estimate of drug-likeness (QED) is 0.184. The Morgan fingerprint density at radius 3 is 1.89 bits per heavy atom. The van der Waals surface area contributed by atoms with Gasteiger partial charge >= 0.3 is 5.97 Å². The molecule has 7 heteroatoms. The average molecular weight is 526 g/mol. The van der Waals surface area contributed by atoms with Crippen LogP contribution in [0.3, 0.4) is 0 Å². The predicted molar refractivity (Wildman–Crippen MR) is 149 cm³/mol. The lowest BCUT2D eigenvalue weighted by Gasteiger charge is -2.25. The van der Waals surface area contributed by atoms with Crippen molar-refractivity contribution in [1.29, 1.82) is 0 Å². The number of carboxylic acid groups (broad SMARTS) is 1. The first-order valence-electron chi connectivity index (χ1n) is 13.2. The smallest absolute Gasteiger partial charge is 0.323 e. The third-order valence-corrected chi connectivity index (χ3v) is 7.60. The van der Waals surface area contributed by atoms with Gasteiger partial charge in [-0.05, 0) is 37.5 Å². The summed E-state index contributed by atoms with van der Waals surface area (Å²) in [6.45, 7) is 5.36. The molecule has 0 saturated heterocycles. The molecule has 0 atom stereocenters. The minimum Gasteiger partial charge on any atom is -0.480 e. The molecule has 0 heterocycles. The Balaban J connectivity index is 2.27. The van der Waals surface area contributed by atoms with Gasteiger partial charge in [0, 0.05) is 11.4 Å². The van der Waals surface area contributed by atoms with Gasteiger partial charge in [0.25, 0.3) is 0 Å². The molecule has 0 radical (unpaired) electrons. The molecule has 1 N–H and O–H groups in total. The summed E-state index contributed by atoms with van der Waals surface area (Å²) in [6, 6.07) is 3.49. The van der Waals surface area contributed by atoms with Crippen LogP contribution in [0.5, 0.6) is 0 Å². The van der Waals surface area contributed by atoms with Crippen molar-refractivity contribution < 1.29 is 19.5 Å². The maximum atomic E-state index is 12.8. The number of hydrogen-bond acceptors (Lipinski definition) is 4. The zero-order valence-electron chi connectivity index (χ0n) is 21.9. The van der Waals surface area contributed by atoms with Crippen LogP contribution in [-0.4, -0.2) is 34.4 Å². The molecule has 0 aliphatic rings. The summed E-state index contributed by atoms with van der Waals surface area (Å²) in [4.78, 5) is 37.7. The number of unbranched alkanes of at least 4 members (excludes halogenated alkanes) is 12. The van der Waals surface area contributed by atoms with Crippen LogP contribution in [-0.2, 0) is 14.4 Å². The van der Waals surface area contributed by atoms with Crippen molar-refractivity contribution in [3.63, 3.8) is 0 Å². The van der Waals surface area contributed by atoms with Crippen molar-refractivity contribution in [2.75, 3.05) is 17.2 Å². The van der Waals surface area contributed by atoms with Gasteiger partial charge in [0.05, 0.1) is 11.4 Å². The number of hydrogen-bond donors (Lipinski definition) is 1. The van der Waals surface area contributed by atoms with Crippen LogP contribution in [0.15, 0.2) is 12.1 Å². The molecule has 0 aromatic heterocycles. The molecule has 35 heavy (non-hydrogen) atoms. The lowest BCUT2D eigenvalue weighted by Crippen LogP contribution is -2.38. The standard InChI is InChI=1S/C28H44ClNO4S/c1-4-5-6-7-8-9-10-11-12-13-14-15-16-17-27(34)35-21-25(31)30(20-26(32)33)28-22(2)18-19-24(29)23(28)3/h18-19H,4-17,20-21H2,1-3H3,(H,32,33). The summed E-state index contributed by atoms with van der Waals surface area (Å²) in [5, 5.41) is 9.76. The zero-order chi connectivity index (χ0) is 26.1. The highest BCUT2D eigenvalue weighted by Gasteiger charge is 2.24. The lowest BCUT2D eigenvalue weighted by molar-refractivity contribution is -0.136. The van der Waals surface area contributed by atoms with Gasteiger partial charge in [-0.3, -0.25) is 19.3 Å². The minimum absolute atomic E-state index is 0.0174. The maximum absolute atomic E-state index is 12.8. The number of amides is 1. The third kappa shape index (κ3) is 13.4. The summed E-state index contributed by atoms with van der Waals surface area (Å²) >= 11 is 7.18. The molecule has 0 aliphatic carbocycles. The van der Waals surface area contributed by atoms with Gasteiger partial charge in [-0.2, -0.15) is 0 Å². The molecule has 5 nitrogen and oxygen atoms in total. The van der Waals surface area contributed by atoms with E-state index in [9.17, 15) is 19.5 Å². The summed E-state index contributed by atoms with van der Waals surface area (Å²) < 4.78 is 0. The second kappa shape index (κ2) is 18.7. The average Bonchev–Trinajstić information content (AvgIpc) is 2.82. The normalized spacial score (nSPS) is 11.0. The number of aliphatic carboxylic acids is 1. The Morgan fingerprint density at radius 1 is 0.857 bits per heavy atom. The van der Waals surface area contributed by atoms with Crippen LogP contribution in [0.2, 0.25) is 5.02 Å². The number of carbonyl (C=O) groups is 3. The fourth-order valence-electron chi connectivity index (χ4n) is 4.23. The van der Waals surface area contributed by atoms with E-state index < -0.39 is 18.4 Å². The first kappa shape index (κ1) is 31.5. The number of aryl methyl sites for hydroxylation is 1. The van der Waals surface area contributed by atoms with Crippen molar-refractivity contribution in [3.8, 4) is 0 Å². The van der Waals surface area contributed by atoms with E-state index in [0.717, 1.165) is 36.6 Å². The van der Waals surface area contributed by atoms with Gasteiger partial charge in [0.15, 0.2) is 5.12 Å². The fraction of sp³-hybridized carbons (Fsp3) is 0.679. The van der Waals surface area contributed by atoms with Crippen molar-refractivity contribution in [2.24, 2.45) is 0 Å². The van der Waals surface area contributed by atoms with Crippen LogP contribution in [0, 0.1) is 13.8 Å². The van der Waals surface area contributed by atoms with Crippen LogP contribution >= 0.6 is 23.4 Å². The molecule has 0 bridgehead atoms. The molecule has 1 amide bonds. The number of thioether (sulfide) groups is 1. The van der Waals surface area contributed by atoms with Gasteiger partial charge in [-0.15, -0.1) is 0 Å². The highest BCUT2D eigenvalue weighted by atomic mass is 35.5. The largest absolute Gasteiger partial charge is 0.480 e. The van der Waals surface area contributed by atoms with E-state index in [1.165, 1.54) is 69.1 Å². The number of halogens is 1. The molecule has 0 fully saturated rings. The van der Waals surface area contributed by atoms with Crippen molar-refractivity contribution in [1.82, 2.24) is 0 Å². The summed E-state index contributed by atoms with van der Waals surface area (Å²) in [6.07, 6.45) is 16.7. The predicted octanol–water partition coefficient (Wildman–Crippen LogP) is 8.12. The molecule has 0 saturated carbocycles. The molecule has 1 aromatic rings. The Hall–Kier alpha value is -1.53. The number of nitrogens with zero attached hydrogens (tertiary/aromatic N) is 1. The van der Waals surface area contributed by atoms with Crippen LogP contribution in [0.25, 0.3) is 0 Å². The first-order valence-corrected chi connectivity index (χ1v) is 14.6. The van der Waals surface area contributed by atoms with Gasteiger partial charge in [0.1, 0.15) is 6.54 Å². The summed E-state index contributed by atoms with van der Waals surface area (Å²) in [5.41, 5.74) is 1.93. The van der Waals surface area contributed by atoms with Crippen LogP contribution in [0.4, 0.5) is 5.69 Å². The first-order chi connectivity index (χ1) is 16.8. The minimum atomic E-state index is -1.11. The van der Waals surface area contributed by atoms with E-state index in [0.29, 0.717) is 22.7 Å². The number of carboxylic acids is 1. The van der Waals surface area contributed by atoms with E-state index >= 15 is 0 Å². The number of carbonyl (C=O) groups excluding carboxylic acids is 2. The van der Waals surface area contributed by atoms with E-state index in [1.54, 1.807) is 19.1 Å². The monoisotopic (exact) mass is 525 g/mol. The van der Waals surface area contributed by atoms with Gasteiger partial charge in [-0.25, -0.2) is 0 Å². The Bertz CT molecular complexity index is 799. The van der Waals surface area contributed by atoms with Crippen molar-refractivity contribution in [2.45, 2.75) is 111 Å². The molecule has 198 valence electrons. The Morgan fingerprint density at radius 2 is 1.37 bits per heavy atom. The van der Waals surface area contributed by atoms with Crippen LogP contribution in [0.1, 0.15) is 108 Å². The van der Waals surface area contributed by atoms with Crippen molar-refractivity contribution in [3.05, 3.63) is 28.3 Å². The molecule has 1 aromatic carbocycles. The zero-order valence-corrected chi connectivity index (χ0v) is 23.4. The van der Waals surface area contributed by atoms with E-state index in [2.05, 4.69) is 6.92 Å². The van der Waals surface area contributed by atoms with Gasteiger partial charge in [-0.1, -0.05) is 113 Å².